The third kappa shape index (κ3) is 5.94. The summed E-state index contributed by atoms with van der Waals surface area (Å²) in [5, 5.41) is 3.37. The van der Waals surface area contributed by atoms with Crippen LogP contribution in [0.4, 0.5) is 8.78 Å². The molecule has 2 amide bonds. The first-order chi connectivity index (χ1) is 15.9. The van der Waals surface area contributed by atoms with E-state index in [1.165, 1.54) is 6.07 Å². The van der Waals surface area contributed by atoms with E-state index in [1.54, 1.807) is 12.1 Å². The molecule has 0 bridgehead atoms. The molecule has 0 saturated heterocycles. The minimum Gasteiger partial charge on any atom is -0.366 e. The molecule has 1 aliphatic rings. The number of nitrogens with one attached hydrogen (secondary N) is 1. The summed E-state index contributed by atoms with van der Waals surface area (Å²) in [6, 6.07) is 14.0. The highest BCUT2D eigenvalue weighted by Crippen LogP contribution is 2.65. The molecule has 3 rings (SSSR count). The molecule has 2 aromatic carbocycles. The minimum absolute atomic E-state index is 0.00164. The summed E-state index contributed by atoms with van der Waals surface area (Å²) in [4.78, 5) is 26.3. The lowest BCUT2D eigenvalue weighted by molar-refractivity contribution is -0.123. The first-order valence-corrected chi connectivity index (χ1v) is 11.8. The maximum absolute atomic E-state index is 14.5. The molecule has 8 heteroatoms. The fourth-order valence-corrected chi connectivity index (χ4v) is 4.85. The lowest BCUT2D eigenvalue weighted by Gasteiger charge is -2.32. The van der Waals surface area contributed by atoms with Crippen LogP contribution in [0.5, 0.6) is 0 Å². The Morgan fingerprint density at radius 1 is 1.18 bits per heavy atom. The quantitative estimate of drug-likeness (QED) is 0.481. The average molecular weight is 492 g/mol. The van der Waals surface area contributed by atoms with Crippen LogP contribution in [-0.2, 0) is 11.2 Å². The first-order valence-electron chi connectivity index (χ1n) is 11.4. The highest BCUT2D eigenvalue weighted by atomic mass is 35.5. The highest BCUT2D eigenvalue weighted by molar-refractivity contribution is 6.31. The Hall–Kier alpha value is -2.51. The van der Waals surface area contributed by atoms with Gasteiger partial charge in [-0.25, -0.2) is 8.78 Å². The molecule has 0 spiro atoms. The zero-order chi connectivity index (χ0) is 25.1. The number of amides is 2. The lowest BCUT2D eigenvalue weighted by Crippen LogP contribution is -2.43. The third-order valence-electron chi connectivity index (χ3n) is 6.98. The standard InChI is InChI=1S/C26H32ClF2N3O2/c1-25(28,29)26(11-12-26)21(17-7-5-4-6-8-17)15-23(33)31-16-20(32(2)3)13-18-9-10-19(24(30)34)14-22(18)27/h4-10,14,20-21H,11-13,15-16H2,1-3H3,(H2,30,34)(H,31,33)/t20-,21+/m0/s1. The monoisotopic (exact) mass is 491 g/mol. The van der Waals surface area contributed by atoms with Crippen LogP contribution in [-0.4, -0.2) is 49.3 Å². The van der Waals surface area contributed by atoms with E-state index >= 15 is 0 Å². The van der Waals surface area contributed by atoms with Crippen LogP contribution in [0.1, 0.15) is 53.6 Å². The van der Waals surface area contributed by atoms with Gasteiger partial charge in [0.05, 0.1) is 0 Å². The van der Waals surface area contributed by atoms with E-state index in [4.69, 9.17) is 17.3 Å². The third-order valence-corrected chi connectivity index (χ3v) is 7.33. The Kier molecular flexibility index (Phi) is 7.98. The summed E-state index contributed by atoms with van der Waals surface area (Å²) in [6.45, 7) is 1.29. The Balaban J connectivity index is 1.69. The normalized spacial score (nSPS) is 16.7. The van der Waals surface area contributed by atoms with Crippen LogP contribution in [0, 0.1) is 5.41 Å². The molecule has 1 fully saturated rings. The summed E-state index contributed by atoms with van der Waals surface area (Å²) in [5.74, 6) is -4.23. The zero-order valence-electron chi connectivity index (χ0n) is 19.8. The number of hydrogen-bond donors (Lipinski definition) is 2. The maximum atomic E-state index is 14.5. The fourth-order valence-electron chi connectivity index (χ4n) is 4.59. The number of carbonyl (C=O) groups excluding carboxylic acids is 2. The van der Waals surface area contributed by atoms with Crippen molar-refractivity contribution in [1.29, 1.82) is 0 Å². The largest absolute Gasteiger partial charge is 0.366 e. The second kappa shape index (κ2) is 10.4. The van der Waals surface area contributed by atoms with Crippen LogP contribution in [0.2, 0.25) is 5.02 Å². The van der Waals surface area contributed by atoms with Crippen LogP contribution in [0.3, 0.4) is 0 Å². The van der Waals surface area contributed by atoms with Gasteiger partial charge in [-0.3, -0.25) is 9.59 Å². The van der Waals surface area contributed by atoms with Gasteiger partial charge in [-0.15, -0.1) is 0 Å². The number of benzene rings is 2. The van der Waals surface area contributed by atoms with Gasteiger partial charge in [0.15, 0.2) is 0 Å². The van der Waals surface area contributed by atoms with Crippen molar-refractivity contribution in [3.63, 3.8) is 0 Å². The molecule has 184 valence electrons. The number of carbonyl (C=O) groups is 2. The second-order valence-corrected chi connectivity index (χ2v) is 9.92. The topological polar surface area (TPSA) is 75.4 Å². The van der Waals surface area contributed by atoms with Crippen LogP contribution >= 0.6 is 11.6 Å². The van der Waals surface area contributed by atoms with Gasteiger partial charge in [-0.2, -0.15) is 0 Å². The van der Waals surface area contributed by atoms with E-state index < -0.39 is 23.2 Å². The van der Waals surface area contributed by atoms with E-state index in [0.29, 0.717) is 36.4 Å². The Morgan fingerprint density at radius 3 is 2.32 bits per heavy atom. The number of halogens is 3. The summed E-state index contributed by atoms with van der Waals surface area (Å²) in [7, 11) is 3.79. The second-order valence-electron chi connectivity index (χ2n) is 9.51. The van der Waals surface area contributed by atoms with Crippen molar-refractivity contribution in [2.24, 2.45) is 11.1 Å². The van der Waals surface area contributed by atoms with Crippen LogP contribution in [0.15, 0.2) is 48.5 Å². The number of hydrogen-bond acceptors (Lipinski definition) is 3. The number of alkyl halides is 2. The molecule has 1 saturated carbocycles. The number of nitrogens with zero attached hydrogens (tertiary/aromatic N) is 1. The molecule has 0 radical (unpaired) electrons. The van der Waals surface area contributed by atoms with Crippen molar-refractivity contribution in [1.82, 2.24) is 10.2 Å². The van der Waals surface area contributed by atoms with Gasteiger partial charge < -0.3 is 16.0 Å². The van der Waals surface area contributed by atoms with E-state index in [9.17, 15) is 18.4 Å². The van der Waals surface area contributed by atoms with Crippen molar-refractivity contribution in [3.05, 3.63) is 70.2 Å². The molecule has 1 aliphatic carbocycles. The van der Waals surface area contributed by atoms with Crippen molar-refractivity contribution < 1.29 is 18.4 Å². The van der Waals surface area contributed by atoms with Crippen molar-refractivity contribution in [2.75, 3.05) is 20.6 Å². The maximum Gasteiger partial charge on any atom is 0.251 e. The zero-order valence-corrected chi connectivity index (χ0v) is 20.5. The van der Waals surface area contributed by atoms with Gasteiger partial charge >= 0.3 is 0 Å². The summed E-state index contributed by atoms with van der Waals surface area (Å²) < 4.78 is 29.1. The fraction of sp³-hybridized carbons (Fsp3) is 0.462. The number of primary amides is 1. The molecule has 2 atom stereocenters. The number of rotatable bonds is 11. The first kappa shape index (κ1) is 26.1. The molecular weight excluding hydrogens is 460 g/mol. The minimum atomic E-state index is -2.87. The Bertz CT molecular complexity index is 1020. The predicted octanol–water partition coefficient (Wildman–Crippen LogP) is 4.64. The van der Waals surface area contributed by atoms with Gasteiger partial charge in [0.25, 0.3) is 5.92 Å². The molecule has 0 aliphatic heterocycles. The molecule has 0 unspecified atom stereocenters. The molecule has 0 heterocycles. The molecule has 3 N–H and O–H groups in total. The van der Waals surface area contributed by atoms with E-state index in [-0.39, 0.29) is 18.4 Å². The smallest absolute Gasteiger partial charge is 0.251 e. The van der Waals surface area contributed by atoms with Crippen LogP contribution < -0.4 is 11.1 Å². The summed E-state index contributed by atoms with van der Waals surface area (Å²) in [5.41, 5.74) is 6.05. The Morgan fingerprint density at radius 2 is 1.82 bits per heavy atom. The van der Waals surface area contributed by atoms with E-state index in [2.05, 4.69) is 5.32 Å². The van der Waals surface area contributed by atoms with Crippen molar-refractivity contribution in [3.8, 4) is 0 Å². The van der Waals surface area contributed by atoms with Gasteiger partial charge in [0, 0.05) is 40.9 Å². The number of likely N-dealkylation sites (N-methyl/N-ethyl adjacent to an activating group) is 1. The van der Waals surface area contributed by atoms with Crippen molar-refractivity contribution in [2.45, 2.75) is 50.5 Å². The van der Waals surface area contributed by atoms with Gasteiger partial charge in [-0.05, 0) is 63.5 Å². The Labute approximate surface area is 204 Å². The van der Waals surface area contributed by atoms with E-state index in [0.717, 1.165) is 18.1 Å². The van der Waals surface area contributed by atoms with Gasteiger partial charge in [-0.1, -0.05) is 48.0 Å². The number of nitrogens with two attached hydrogens (primary N) is 1. The van der Waals surface area contributed by atoms with Crippen molar-refractivity contribution >= 4 is 23.4 Å². The summed E-state index contributed by atoms with van der Waals surface area (Å²) in [6.07, 6.45) is 1.35. The van der Waals surface area contributed by atoms with Crippen LogP contribution in [0.25, 0.3) is 0 Å². The SMILES string of the molecule is CN(C)[C@H](CNC(=O)C[C@H](c1ccccc1)C1(C(C)(F)F)CC1)Cc1ccc(C(N)=O)cc1Cl. The summed E-state index contributed by atoms with van der Waals surface area (Å²) >= 11 is 6.34. The average Bonchev–Trinajstić information content (AvgIpc) is 3.58. The highest BCUT2D eigenvalue weighted by Gasteiger charge is 2.63. The van der Waals surface area contributed by atoms with Gasteiger partial charge in [0.2, 0.25) is 11.8 Å². The molecule has 2 aromatic rings. The molecule has 0 aromatic heterocycles. The van der Waals surface area contributed by atoms with Gasteiger partial charge in [0.1, 0.15) is 0 Å². The van der Waals surface area contributed by atoms with E-state index in [1.807, 2.05) is 49.3 Å². The molecular formula is C26H32ClF2N3O2. The molecule has 5 nitrogen and oxygen atoms in total. The lowest BCUT2D eigenvalue weighted by atomic mass is 9.77. The predicted molar refractivity (Wildman–Crippen MR) is 130 cm³/mol. The molecule has 34 heavy (non-hydrogen) atoms.